The van der Waals surface area contributed by atoms with Crippen molar-refractivity contribution in [1.82, 2.24) is 9.97 Å². The summed E-state index contributed by atoms with van der Waals surface area (Å²) in [7, 11) is 1.67. The van der Waals surface area contributed by atoms with Crippen LogP contribution in [0.15, 0.2) is 11.4 Å². The Morgan fingerprint density at radius 3 is 2.95 bits per heavy atom. The molecule has 2 aromatic heterocycles. The zero-order valence-corrected chi connectivity index (χ0v) is 13.3. The number of hydrogen-bond acceptors (Lipinski definition) is 7. The molecule has 2 rings (SSSR count). The van der Waals surface area contributed by atoms with E-state index in [2.05, 4.69) is 22.2 Å². The lowest BCUT2D eigenvalue weighted by atomic mass is 10.3. The maximum Gasteiger partial charge on any atom is 0.226 e. The lowest BCUT2D eigenvalue weighted by Gasteiger charge is -2.23. The first-order valence-electron chi connectivity index (χ1n) is 7.14. The normalized spacial score (nSPS) is 11.0. The molecule has 116 valence electrons. The number of nitrogens with zero attached hydrogens (tertiary/aromatic N) is 3. The van der Waals surface area contributed by atoms with Gasteiger partial charge < -0.3 is 20.1 Å². The Kier molecular flexibility index (Phi) is 6.16. The van der Waals surface area contributed by atoms with Crippen molar-refractivity contribution in [2.24, 2.45) is 0 Å². The number of rotatable bonds is 9. The van der Waals surface area contributed by atoms with Gasteiger partial charge in [-0.3, -0.25) is 0 Å². The van der Waals surface area contributed by atoms with Gasteiger partial charge in [0.25, 0.3) is 0 Å². The third-order valence-electron chi connectivity index (χ3n) is 3.07. The first-order valence-corrected chi connectivity index (χ1v) is 8.02. The number of ether oxygens (including phenoxy) is 1. The van der Waals surface area contributed by atoms with Crippen LogP contribution in [0.2, 0.25) is 0 Å². The summed E-state index contributed by atoms with van der Waals surface area (Å²) in [5.74, 6) is 1.49. The molecule has 0 aliphatic rings. The van der Waals surface area contributed by atoms with E-state index in [1.807, 2.05) is 16.3 Å². The Hall–Kier alpha value is -1.44. The third kappa shape index (κ3) is 4.03. The summed E-state index contributed by atoms with van der Waals surface area (Å²) in [4.78, 5) is 12.2. The molecule has 21 heavy (non-hydrogen) atoms. The molecule has 0 aliphatic heterocycles. The van der Waals surface area contributed by atoms with Crippen molar-refractivity contribution >= 4 is 33.3 Å². The van der Waals surface area contributed by atoms with E-state index in [4.69, 9.17) is 4.74 Å². The summed E-state index contributed by atoms with van der Waals surface area (Å²) in [6.07, 6.45) is 1.02. The Balaban J connectivity index is 2.35. The van der Waals surface area contributed by atoms with Crippen molar-refractivity contribution in [3.8, 4) is 0 Å². The summed E-state index contributed by atoms with van der Waals surface area (Å²) in [5.41, 5.74) is 0. The number of aromatic nitrogens is 2. The molecule has 0 saturated carbocycles. The molecule has 2 heterocycles. The van der Waals surface area contributed by atoms with E-state index in [-0.39, 0.29) is 6.61 Å². The molecule has 0 bridgehead atoms. The summed E-state index contributed by atoms with van der Waals surface area (Å²) in [6.45, 7) is 4.83. The number of anilines is 2. The molecule has 0 aromatic carbocycles. The van der Waals surface area contributed by atoms with Crippen LogP contribution < -0.4 is 10.2 Å². The number of methoxy groups -OCH3 is 1. The van der Waals surface area contributed by atoms with E-state index in [1.165, 1.54) is 0 Å². The summed E-state index contributed by atoms with van der Waals surface area (Å²) < 4.78 is 5.15. The largest absolute Gasteiger partial charge is 0.395 e. The van der Waals surface area contributed by atoms with Gasteiger partial charge >= 0.3 is 0 Å². The fraction of sp³-hybridized carbons (Fsp3) is 0.571. The number of aliphatic hydroxyl groups excluding tert-OH is 1. The zero-order valence-electron chi connectivity index (χ0n) is 12.5. The zero-order chi connectivity index (χ0) is 15.1. The number of hydrogen-bond donors (Lipinski definition) is 2. The predicted molar refractivity (Wildman–Crippen MR) is 87.4 cm³/mol. The van der Waals surface area contributed by atoms with Gasteiger partial charge in [-0.25, -0.2) is 4.98 Å². The Morgan fingerprint density at radius 2 is 2.24 bits per heavy atom. The highest BCUT2D eigenvalue weighted by atomic mass is 32.1. The number of nitrogens with one attached hydrogen (secondary N) is 1. The highest BCUT2D eigenvalue weighted by molar-refractivity contribution is 7.16. The maximum atomic E-state index is 9.29. The van der Waals surface area contributed by atoms with Gasteiger partial charge in [0.1, 0.15) is 10.6 Å². The molecular weight excluding hydrogens is 288 g/mol. The van der Waals surface area contributed by atoms with E-state index in [0.717, 1.165) is 29.0 Å². The topological polar surface area (TPSA) is 70.5 Å². The molecule has 2 N–H and O–H groups in total. The minimum absolute atomic E-state index is 0.0804. The highest BCUT2D eigenvalue weighted by Crippen LogP contribution is 2.29. The van der Waals surface area contributed by atoms with Crippen LogP contribution in [0.25, 0.3) is 10.2 Å². The fourth-order valence-electron chi connectivity index (χ4n) is 2.04. The molecule has 0 fully saturated rings. The molecule has 0 atom stereocenters. The number of thiophene rings is 1. The van der Waals surface area contributed by atoms with Crippen molar-refractivity contribution in [2.45, 2.75) is 13.3 Å². The van der Waals surface area contributed by atoms with E-state index in [1.54, 1.807) is 18.4 Å². The molecule has 0 spiro atoms. The summed E-state index contributed by atoms with van der Waals surface area (Å²) in [6, 6.07) is 2.02. The van der Waals surface area contributed by atoms with Crippen molar-refractivity contribution < 1.29 is 9.84 Å². The smallest absolute Gasteiger partial charge is 0.226 e. The molecule has 0 radical (unpaired) electrons. The van der Waals surface area contributed by atoms with Gasteiger partial charge in [0.05, 0.1) is 18.6 Å². The van der Waals surface area contributed by atoms with Crippen molar-refractivity contribution in [3.05, 3.63) is 11.4 Å². The summed E-state index contributed by atoms with van der Waals surface area (Å²) in [5, 5.41) is 15.6. The molecule has 0 saturated heterocycles. The van der Waals surface area contributed by atoms with Crippen LogP contribution in [-0.4, -0.2) is 55.0 Å². The van der Waals surface area contributed by atoms with Crippen LogP contribution in [0, 0.1) is 0 Å². The quantitative estimate of drug-likeness (QED) is 0.738. The van der Waals surface area contributed by atoms with Gasteiger partial charge in [-0.15, -0.1) is 11.3 Å². The van der Waals surface area contributed by atoms with Gasteiger partial charge in [0, 0.05) is 26.7 Å². The van der Waals surface area contributed by atoms with Crippen LogP contribution in [0.5, 0.6) is 0 Å². The maximum absolute atomic E-state index is 9.29. The lowest BCUT2D eigenvalue weighted by molar-refractivity contribution is 0.202. The van der Waals surface area contributed by atoms with Gasteiger partial charge in [-0.05, 0) is 17.9 Å². The molecule has 2 aromatic rings. The van der Waals surface area contributed by atoms with E-state index < -0.39 is 0 Å². The molecular formula is C14H22N4O2S. The van der Waals surface area contributed by atoms with E-state index in [0.29, 0.717) is 25.6 Å². The fourth-order valence-corrected chi connectivity index (χ4v) is 2.80. The minimum Gasteiger partial charge on any atom is -0.395 e. The van der Waals surface area contributed by atoms with Crippen LogP contribution in [0.4, 0.5) is 11.8 Å². The van der Waals surface area contributed by atoms with Crippen molar-refractivity contribution in [2.75, 3.05) is 50.2 Å². The van der Waals surface area contributed by atoms with Gasteiger partial charge in [0.15, 0.2) is 0 Å². The molecule has 6 nitrogen and oxygen atoms in total. The van der Waals surface area contributed by atoms with Gasteiger partial charge in [-0.1, -0.05) is 6.92 Å². The Morgan fingerprint density at radius 1 is 1.38 bits per heavy atom. The molecule has 0 amide bonds. The van der Waals surface area contributed by atoms with Crippen molar-refractivity contribution in [3.63, 3.8) is 0 Å². The Bertz CT molecular complexity index is 561. The second-order valence-electron chi connectivity index (χ2n) is 4.64. The molecule has 0 aliphatic carbocycles. The average Bonchev–Trinajstić information content (AvgIpc) is 2.97. The minimum atomic E-state index is 0.0804. The van der Waals surface area contributed by atoms with Gasteiger partial charge in [-0.2, -0.15) is 4.98 Å². The van der Waals surface area contributed by atoms with Crippen LogP contribution >= 0.6 is 11.3 Å². The average molecular weight is 310 g/mol. The lowest BCUT2D eigenvalue weighted by Crippen LogP contribution is -2.31. The summed E-state index contributed by atoms with van der Waals surface area (Å²) >= 11 is 1.60. The SMILES string of the molecule is CCCNc1nc(N(CCO)CCOC)c2ccsc2n1. The highest BCUT2D eigenvalue weighted by Gasteiger charge is 2.15. The van der Waals surface area contributed by atoms with Crippen LogP contribution in [0.3, 0.4) is 0 Å². The number of aliphatic hydroxyl groups is 1. The standard InChI is InChI=1S/C14H22N4O2S/c1-3-5-15-14-16-12(11-4-10-21-13(11)17-14)18(6-8-19)7-9-20-2/h4,10,19H,3,5-9H2,1-2H3,(H,15,16,17). The van der Waals surface area contributed by atoms with E-state index in [9.17, 15) is 5.11 Å². The molecule has 0 unspecified atom stereocenters. The van der Waals surface area contributed by atoms with Gasteiger partial charge in [0.2, 0.25) is 5.95 Å². The first-order chi connectivity index (χ1) is 10.3. The first kappa shape index (κ1) is 15.9. The monoisotopic (exact) mass is 310 g/mol. The molecule has 7 heteroatoms. The van der Waals surface area contributed by atoms with Crippen molar-refractivity contribution in [1.29, 1.82) is 0 Å². The predicted octanol–water partition coefficient (Wildman–Crippen LogP) is 1.96. The number of fused-ring (bicyclic) bond motifs is 1. The second-order valence-corrected chi connectivity index (χ2v) is 5.54. The second kappa shape index (κ2) is 8.11. The van der Waals surface area contributed by atoms with E-state index >= 15 is 0 Å². The van der Waals surface area contributed by atoms with Crippen LogP contribution in [-0.2, 0) is 4.74 Å². The Labute approximate surface area is 128 Å². The van der Waals surface area contributed by atoms with Crippen LogP contribution in [0.1, 0.15) is 13.3 Å². The third-order valence-corrected chi connectivity index (χ3v) is 3.88.